The molecule has 1 aliphatic rings. The van der Waals surface area contributed by atoms with E-state index in [2.05, 4.69) is 4.98 Å². The van der Waals surface area contributed by atoms with Gasteiger partial charge in [0, 0.05) is 22.6 Å². The first kappa shape index (κ1) is 13.7. The van der Waals surface area contributed by atoms with Gasteiger partial charge in [-0.1, -0.05) is 24.4 Å². The molecule has 4 heteroatoms. The van der Waals surface area contributed by atoms with Gasteiger partial charge in [-0.2, -0.15) is 0 Å². The van der Waals surface area contributed by atoms with E-state index in [4.69, 9.17) is 22.1 Å². The van der Waals surface area contributed by atoms with Crippen molar-refractivity contribution >= 4 is 22.5 Å². The van der Waals surface area contributed by atoms with Crippen LogP contribution >= 0.6 is 11.6 Å². The van der Waals surface area contributed by atoms with Gasteiger partial charge in [0.1, 0.15) is 11.9 Å². The third-order valence-corrected chi connectivity index (χ3v) is 4.18. The van der Waals surface area contributed by atoms with Crippen molar-refractivity contribution in [3.8, 4) is 5.75 Å². The number of hydrogen-bond acceptors (Lipinski definition) is 3. The van der Waals surface area contributed by atoms with Crippen LogP contribution in [-0.2, 0) is 0 Å². The number of nitrogens with two attached hydrogens (primary N) is 1. The summed E-state index contributed by atoms with van der Waals surface area (Å²) < 4.78 is 6.19. The van der Waals surface area contributed by atoms with Crippen molar-refractivity contribution < 1.29 is 4.74 Å². The van der Waals surface area contributed by atoms with Crippen LogP contribution < -0.4 is 10.5 Å². The summed E-state index contributed by atoms with van der Waals surface area (Å²) in [6.07, 6.45) is 7.56. The minimum atomic E-state index is 0.0961. The molecular weight excluding hydrogens is 272 g/mol. The smallest absolute Gasteiger partial charge is 0.130 e. The number of halogens is 1. The first-order chi connectivity index (χ1) is 9.74. The summed E-state index contributed by atoms with van der Waals surface area (Å²) in [4.78, 5) is 4.34. The minimum Gasteiger partial charge on any atom is -0.488 e. The molecule has 3 nitrogen and oxygen atoms in total. The second kappa shape index (κ2) is 5.98. The van der Waals surface area contributed by atoms with E-state index in [0.29, 0.717) is 5.02 Å². The highest BCUT2D eigenvalue weighted by Crippen LogP contribution is 2.29. The summed E-state index contributed by atoms with van der Waals surface area (Å²) in [5.41, 5.74) is 7.09. The molecule has 0 aliphatic heterocycles. The third kappa shape index (κ3) is 2.89. The van der Waals surface area contributed by atoms with Gasteiger partial charge in [0.25, 0.3) is 0 Å². The van der Waals surface area contributed by atoms with Crippen LogP contribution in [0.4, 0.5) is 0 Å². The molecule has 20 heavy (non-hydrogen) atoms. The highest BCUT2D eigenvalue weighted by Gasteiger charge is 2.22. The number of rotatable bonds is 2. The summed E-state index contributed by atoms with van der Waals surface area (Å²) in [6.45, 7) is 0. The number of fused-ring (bicyclic) bond motifs is 1. The molecule has 2 atom stereocenters. The molecule has 2 aromatic rings. The number of hydrogen-bond donors (Lipinski definition) is 1. The zero-order chi connectivity index (χ0) is 13.9. The highest BCUT2D eigenvalue weighted by atomic mass is 35.5. The molecule has 1 aromatic heterocycles. The Bertz CT molecular complexity index is 602. The topological polar surface area (TPSA) is 48.1 Å². The zero-order valence-electron chi connectivity index (χ0n) is 11.4. The molecule has 1 heterocycles. The van der Waals surface area contributed by atoms with Gasteiger partial charge < -0.3 is 10.5 Å². The van der Waals surface area contributed by atoms with Gasteiger partial charge in [0.15, 0.2) is 0 Å². The minimum absolute atomic E-state index is 0.0961. The van der Waals surface area contributed by atoms with Crippen molar-refractivity contribution in [3.63, 3.8) is 0 Å². The van der Waals surface area contributed by atoms with Crippen LogP contribution in [0, 0.1) is 0 Å². The fourth-order valence-corrected chi connectivity index (χ4v) is 2.98. The van der Waals surface area contributed by atoms with Crippen molar-refractivity contribution in [2.75, 3.05) is 0 Å². The summed E-state index contributed by atoms with van der Waals surface area (Å²) >= 11 is 6.01. The molecule has 2 unspecified atom stereocenters. The van der Waals surface area contributed by atoms with Gasteiger partial charge in [-0.05, 0) is 43.5 Å². The SMILES string of the molecule is NC1CCCCCC1Oc1ccnc2cc(Cl)ccc12. The van der Waals surface area contributed by atoms with Crippen LogP contribution in [0.5, 0.6) is 5.75 Å². The molecule has 0 bridgehead atoms. The lowest BCUT2D eigenvalue weighted by atomic mass is 10.1. The quantitative estimate of drug-likeness (QED) is 0.853. The van der Waals surface area contributed by atoms with Crippen molar-refractivity contribution in [1.82, 2.24) is 4.98 Å². The maximum absolute atomic E-state index is 6.23. The standard InChI is InChI=1S/C16H19ClN2O/c17-11-6-7-12-14(10-11)19-9-8-15(12)20-16-5-3-1-2-4-13(16)18/h6-10,13,16H,1-5,18H2. The van der Waals surface area contributed by atoms with Gasteiger partial charge in [-0.3, -0.25) is 4.98 Å². The normalized spacial score (nSPS) is 23.5. The van der Waals surface area contributed by atoms with Gasteiger partial charge in [0.05, 0.1) is 5.52 Å². The fraction of sp³-hybridized carbons (Fsp3) is 0.438. The summed E-state index contributed by atoms with van der Waals surface area (Å²) in [5, 5.41) is 1.68. The van der Waals surface area contributed by atoms with Crippen LogP contribution in [0.1, 0.15) is 32.1 Å². The second-order valence-corrected chi connectivity index (χ2v) is 5.87. The van der Waals surface area contributed by atoms with Crippen LogP contribution in [0.2, 0.25) is 5.02 Å². The summed E-state index contributed by atoms with van der Waals surface area (Å²) in [6, 6.07) is 7.71. The maximum Gasteiger partial charge on any atom is 0.130 e. The van der Waals surface area contributed by atoms with E-state index in [-0.39, 0.29) is 12.1 Å². The van der Waals surface area contributed by atoms with Crippen molar-refractivity contribution in [1.29, 1.82) is 0 Å². The predicted molar refractivity (Wildman–Crippen MR) is 82.2 cm³/mol. The van der Waals surface area contributed by atoms with E-state index in [9.17, 15) is 0 Å². The fourth-order valence-electron chi connectivity index (χ4n) is 2.81. The van der Waals surface area contributed by atoms with Gasteiger partial charge in [-0.25, -0.2) is 0 Å². The van der Waals surface area contributed by atoms with Gasteiger partial charge >= 0.3 is 0 Å². The first-order valence-electron chi connectivity index (χ1n) is 7.20. The molecule has 0 amide bonds. The molecule has 0 radical (unpaired) electrons. The summed E-state index contributed by atoms with van der Waals surface area (Å²) in [5.74, 6) is 0.856. The van der Waals surface area contributed by atoms with Crippen molar-refractivity contribution in [2.24, 2.45) is 5.73 Å². The molecular formula is C16H19ClN2O. The molecule has 1 fully saturated rings. The Morgan fingerprint density at radius 1 is 1.15 bits per heavy atom. The molecule has 1 aromatic carbocycles. The van der Waals surface area contributed by atoms with E-state index in [1.807, 2.05) is 24.3 Å². The van der Waals surface area contributed by atoms with E-state index < -0.39 is 0 Å². The summed E-state index contributed by atoms with van der Waals surface area (Å²) in [7, 11) is 0. The third-order valence-electron chi connectivity index (χ3n) is 3.95. The van der Waals surface area contributed by atoms with Gasteiger partial charge in [-0.15, -0.1) is 0 Å². The number of nitrogens with zero attached hydrogens (tertiary/aromatic N) is 1. The lowest BCUT2D eigenvalue weighted by molar-refractivity contribution is 0.165. The molecule has 106 valence electrons. The molecule has 2 N–H and O–H groups in total. The lowest BCUT2D eigenvalue weighted by Gasteiger charge is -2.23. The van der Waals surface area contributed by atoms with Crippen LogP contribution in [0.3, 0.4) is 0 Å². The van der Waals surface area contributed by atoms with E-state index in [1.165, 1.54) is 19.3 Å². The van der Waals surface area contributed by atoms with E-state index >= 15 is 0 Å². The Morgan fingerprint density at radius 3 is 2.90 bits per heavy atom. The predicted octanol–water partition coefficient (Wildman–Crippen LogP) is 3.93. The number of pyridine rings is 1. The maximum atomic E-state index is 6.23. The monoisotopic (exact) mass is 290 g/mol. The molecule has 1 saturated carbocycles. The zero-order valence-corrected chi connectivity index (χ0v) is 12.1. The Hall–Kier alpha value is -1.32. The highest BCUT2D eigenvalue weighted by molar-refractivity contribution is 6.31. The Kier molecular flexibility index (Phi) is 4.08. The van der Waals surface area contributed by atoms with Crippen molar-refractivity contribution in [3.05, 3.63) is 35.5 Å². The van der Waals surface area contributed by atoms with E-state index in [1.54, 1.807) is 6.20 Å². The van der Waals surface area contributed by atoms with Crippen LogP contribution in [0.15, 0.2) is 30.5 Å². The average Bonchev–Trinajstić information content (AvgIpc) is 2.64. The molecule has 3 rings (SSSR count). The van der Waals surface area contributed by atoms with Gasteiger partial charge in [0.2, 0.25) is 0 Å². The average molecular weight is 291 g/mol. The van der Waals surface area contributed by atoms with E-state index in [0.717, 1.165) is 29.5 Å². The molecule has 0 spiro atoms. The van der Waals surface area contributed by atoms with Crippen LogP contribution in [0.25, 0.3) is 10.9 Å². The largest absolute Gasteiger partial charge is 0.488 e. The molecule has 0 saturated heterocycles. The molecule has 1 aliphatic carbocycles. The Morgan fingerprint density at radius 2 is 2.00 bits per heavy atom. The number of benzene rings is 1. The Labute approximate surface area is 124 Å². The van der Waals surface area contributed by atoms with Crippen LogP contribution in [-0.4, -0.2) is 17.1 Å². The Balaban J connectivity index is 1.90. The van der Waals surface area contributed by atoms with Crippen molar-refractivity contribution in [2.45, 2.75) is 44.2 Å². The lowest BCUT2D eigenvalue weighted by Crippen LogP contribution is -2.37. The second-order valence-electron chi connectivity index (χ2n) is 5.43. The first-order valence-corrected chi connectivity index (χ1v) is 7.58. The number of ether oxygens (including phenoxy) is 1. The number of aromatic nitrogens is 1.